The zero-order valence-corrected chi connectivity index (χ0v) is 24.9. The first-order valence-corrected chi connectivity index (χ1v) is 15.2. The third-order valence-corrected chi connectivity index (χ3v) is 8.69. The molecule has 0 nitrogen and oxygen atoms in total. The second-order valence-corrected chi connectivity index (χ2v) is 11.4. The van der Waals surface area contributed by atoms with E-state index in [1.807, 2.05) is 6.07 Å². The summed E-state index contributed by atoms with van der Waals surface area (Å²) in [6, 6.07) is 55.4. The van der Waals surface area contributed by atoms with Gasteiger partial charge in [-0.15, -0.1) is 0 Å². The second kappa shape index (κ2) is 12.4. The van der Waals surface area contributed by atoms with Crippen LogP contribution in [0.3, 0.4) is 0 Å². The average Bonchev–Trinajstić information content (AvgIpc) is 3.11. The molecule has 222 valence electrons. The minimum absolute atomic E-state index is 0.267. The number of hydrogen-bond acceptors (Lipinski definition) is 0. The molecular formula is C43H29F3. The Morgan fingerprint density at radius 3 is 0.717 bits per heavy atom. The number of benzene rings is 7. The van der Waals surface area contributed by atoms with Gasteiger partial charge in [0.05, 0.1) is 5.41 Å². The molecule has 46 heavy (non-hydrogen) atoms. The predicted octanol–water partition coefficient (Wildman–Crippen LogP) is 11.5. The molecule has 0 aliphatic heterocycles. The maximum absolute atomic E-state index is 13.7. The Hall–Kier alpha value is -5.67. The molecule has 0 bridgehead atoms. The van der Waals surface area contributed by atoms with Crippen LogP contribution in [0.5, 0.6) is 0 Å². The Bertz CT molecular complexity index is 1830. The molecule has 0 saturated carbocycles. The van der Waals surface area contributed by atoms with Gasteiger partial charge in [-0.1, -0.05) is 140 Å². The van der Waals surface area contributed by atoms with Crippen LogP contribution in [0.1, 0.15) is 22.3 Å². The predicted molar refractivity (Wildman–Crippen MR) is 181 cm³/mol. The first kappa shape index (κ1) is 29.1. The molecule has 3 heteroatoms. The summed E-state index contributed by atoms with van der Waals surface area (Å²) in [6.45, 7) is 0. The molecule has 0 fully saturated rings. The normalized spacial score (nSPS) is 11.4. The Morgan fingerprint density at radius 2 is 0.457 bits per heavy atom. The number of halogens is 3. The number of rotatable bonds is 7. The molecule has 0 heterocycles. The van der Waals surface area contributed by atoms with Crippen molar-refractivity contribution < 1.29 is 13.2 Å². The van der Waals surface area contributed by atoms with Gasteiger partial charge in [-0.3, -0.25) is 0 Å². The van der Waals surface area contributed by atoms with Crippen molar-refractivity contribution in [2.24, 2.45) is 0 Å². The summed E-state index contributed by atoms with van der Waals surface area (Å²) in [6.07, 6.45) is 0. The lowest BCUT2D eigenvalue weighted by molar-refractivity contribution is 0.627. The van der Waals surface area contributed by atoms with Crippen molar-refractivity contribution in [3.05, 3.63) is 216 Å². The van der Waals surface area contributed by atoms with Crippen molar-refractivity contribution in [1.29, 1.82) is 0 Å². The molecule has 0 atom stereocenters. The summed E-state index contributed by atoms with van der Waals surface area (Å²) in [5, 5.41) is 0. The fourth-order valence-corrected chi connectivity index (χ4v) is 6.35. The molecule has 0 N–H and O–H groups in total. The van der Waals surface area contributed by atoms with Crippen LogP contribution in [-0.2, 0) is 5.41 Å². The molecule has 0 aliphatic carbocycles. The van der Waals surface area contributed by atoms with Crippen molar-refractivity contribution in [2.75, 3.05) is 0 Å². The van der Waals surface area contributed by atoms with Crippen molar-refractivity contribution >= 4 is 0 Å². The Kier molecular flexibility index (Phi) is 7.82. The first-order chi connectivity index (χ1) is 22.5. The minimum Gasteiger partial charge on any atom is -0.207 e. The average molecular weight is 603 g/mol. The first-order valence-electron chi connectivity index (χ1n) is 15.2. The summed E-state index contributed by atoms with van der Waals surface area (Å²) >= 11 is 0. The highest BCUT2D eigenvalue weighted by Gasteiger charge is 2.38. The second-order valence-electron chi connectivity index (χ2n) is 11.4. The maximum atomic E-state index is 13.7. The van der Waals surface area contributed by atoms with E-state index >= 15 is 0 Å². The Morgan fingerprint density at radius 1 is 0.239 bits per heavy atom. The van der Waals surface area contributed by atoms with Crippen molar-refractivity contribution in [2.45, 2.75) is 5.41 Å². The monoisotopic (exact) mass is 602 g/mol. The Balaban J connectivity index is 1.42. The van der Waals surface area contributed by atoms with Crippen LogP contribution in [0.15, 0.2) is 176 Å². The zero-order chi connectivity index (χ0) is 31.5. The van der Waals surface area contributed by atoms with Crippen molar-refractivity contribution in [3.8, 4) is 33.4 Å². The fourth-order valence-electron chi connectivity index (χ4n) is 6.35. The van der Waals surface area contributed by atoms with E-state index in [0.29, 0.717) is 0 Å². The molecule has 7 aromatic rings. The van der Waals surface area contributed by atoms with Gasteiger partial charge in [0.25, 0.3) is 0 Å². The van der Waals surface area contributed by atoms with Crippen LogP contribution >= 0.6 is 0 Å². The van der Waals surface area contributed by atoms with Gasteiger partial charge < -0.3 is 0 Å². The zero-order valence-electron chi connectivity index (χ0n) is 24.9. The molecule has 0 aromatic heterocycles. The minimum atomic E-state index is -0.703. The van der Waals surface area contributed by atoms with E-state index in [1.54, 1.807) is 36.4 Å². The van der Waals surface area contributed by atoms with Gasteiger partial charge in [0.1, 0.15) is 17.5 Å². The van der Waals surface area contributed by atoms with Crippen LogP contribution in [0, 0.1) is 17.5 Å². The summed E-state index contributed by atoms with van der Waals surface area (Å²) in [4.78, 5) is 0. The maximum Gasteiger partial charge on any atom is 0.123 e. The SMILES string of the molecule is Fc1ccc(-c2ccc(C(c3ccccc3)(c3ccc(-c4ccc(F)cc4)cc3)c3ccc(-c4ccc(F)cc4)cc3)cc2)cc1. The summed E-state index contributed by atoms with van der Waals surface area (Å²) < 4.78 is 41.0. The van der Waals surface area contributed by atoms with Gasteiger partial charge >= 0.3 is 0 Å². The van der Waals surface area contributed by atoms with Crippen molar-refractivity contribution in [3.63, 3.8) is 0 Å². The molecule has 0 unspecified atom stereocenters. The van der Waals surface area contributed by atoms with E-state index < -0.39 is 5.41 Å². The van der Waals surface area contributed by atoms with Crippen LogP contribution in [0.4, 0.5) is 13.2 Å². The van der Waals surface area contributed by atoms with E-state index in [2.05, 4.69) is 97.1 Å². The lowest BCUT2D eigenvalue weighted by Gasteiger charge is -2.37. The van der Waals surface area contributed by atoms with E-state index in [1.165, 1.54) is 36.4 Å². The molecule has 7 aromatic carbocycles. The van der Waals surface area contributed by atoms with Crippen LogP contribution in [-0.4, -0.2) is 0 Å². The van der Waals surface area contributed by atoms with Gasteiger partial charge in [-0.05, 0) is 92.0 Å². The van der Waals surface area contributed by atoms with E-state index in [-0.39, 0.29) is 17.5 Å². The molecule has 7 rings (SSSR count). The lowest BCUT2D eigenvalue weighted by atomic mass is 9.64. The third kappa shape index (κ3) is 5.52. The highest BCUT2D eigenvalue weighted by atomic mass is 19.1. The topological polar surface area (TPSA) is 0 Å². The lowest BCUT2D eigenvalue weighted by Crippen LogP contribution is -2.31. The molecular weight excluding hydrogens is 573 g/mol. The largest absolute Gasteiger partial charge is 0.207 e. The quantitative estimate of drug-likeness (QED) is 0.159. The summed E-state index contributed by atoms with van der Waals surface area (Å²) in [5.74, 6) is -0.801. The van der Waals surface area contributed by atoms with Gasteiger partial charge in [0.2, 0.25) is 0 Å². The van der Waals surface area contributed by atoms with Gasteiger partial charge in [-0.2, -0.15) is 0 Å². The fraction of sp³-hybridized carbons (Fsp3) is 0.0233. The highest BCUT2D eigenvalue weighted by Crippen LogP contribution is 2.46. The summed E-state index contributed by atoms with van der Waals surface area (Å²) in [5.41, 5.74) is 9.36. The van der Waals surface area contributed by atoms with E-state index in [0.717, 1.165) is 55.6 Å². The smallest absolute Gasteiger partial charge is 0.123 e. The van der Waals surface area contributed by atoms with Crippen LogP contribution in [0.25, 0.3) is 33.4 Å². The third-order valence-electron chi connectivity index (χ3n) is 8.69. The molecule has 0 radical (unpaired) electrons. The van der Waals surface area contributed by atoms with Gasteiger partial charge in [0, 0.05) is 0 Å². The van der Waals surface area contributed by atoms with Crippen molar-refractivity contribution in [1.82, 2.24) is 0 Å². The van der Waals surface area contributed by atoms with E-state index in [9.17, 15) is 13.2 Å². The Labute approximate surface area is 267 Å². The molecule has 0 spiro atoms. The van der Waals surface area contributed by atoms with Gasteiger partial charge in [-0.25, -0.2) is 13.2 Å². The number of hydrogen-bond donors (Lipinski definition) is 0. The van der Waals surface area contributed by atoms with Crippen LogP contribution in [0.2, 0.25) is 0 Å². The van der Waals surface area contributed by atoms with E-state index in [4.69, 9.17) is 0 Å². The van der Waals surface area contributed by atoms with Gasteiger partial charge in [0.15, 0.2) is 0 Å². The molecule has 0 aliphatic rings. The molecule has 0 amide bonds. The summed E-state index contributed by atoms with van der Waals surface area (Å²) in [7, 11) is 0. The standard InChI is InChI=1S/C43H29F3/c44-40-24-12-33(13-25-40)30-6-18-37(19-7-30)43(36-4-2-1-3-5-36,38-20-8-31(9-21-38)34-14-26-41(45)27-15-34)39-22-10-32(11-23-39)35-16-28-42(46)29-17-35/h1-29H. The van der Waals surface area contributed by atoms with Crippen LogP contribution < -0.4 is 0 Å². The molecule has 0 saturated heterocycles. The highest BCUT2D eigenvalue weighted by molar-refractivity contribution is 5.70.